The maximum Gasteiger partial charge on any atom is 0.101 e. The van der Waals surface area contributed by atoms with E-state index in [-0.39, 0.29) is 0 Å². The second-order valence-corrected chi connectivity index (χ2v) is 4.50. The Morgan fingerprint density at radius 3 is 2.80 bits per heavy atom. The van der Waals surface area contributed by atoms with E-state index in [1.54, 1.807) is 0 Å². The highest BCUT2D eigenvalue weighted by molar-refractivity contribution is 9.08. The quantitative estimate of drug-likeness (QED) is 0.785. The summed E-state index contributed by atoms with van der Waals surface area (Å²) in [5.41, 5.74) is 2.99. The first-order valence-corrected chi connectivity index (χ1v) is 6.20. The van der Waals surface area contributed by atoms with Gasteiger partial charge in [0.05, 0.1) is 11.3 Å². The van der Waals surface area contributed by atoms with E-state index in [2.05, 4.69) is 40.0 Å². The maximum absolute atomic E-state index is 9.10. The Labute approximate surface area is 98.6 Å². The molecule has 1 saturated carbocycles. The van der Waals surface area contributed by atoms with Crippen molar-refractivity contribution in [2.45, 2.75) is 24.2 Å². The van der Waals surface area contributed by atoms with Crippen LogP contribution in [0.2, 0.25) is 0 Å². The maximum atomic E-state index is 9.10. The van der Waals surface area contributed by atoms with Crippen LogP contribution in [0.1, 0.15) is 24.0 Å². The molecule has 0 amide bonds. The molecule has 1 fully saturated rings. The summed E-state index contributed by atoms with van der Waals surface area (Å²) in [5, 5.41) is 9.90. The lowest BCUT2D eigenvalue weighted by atomic mass is 10.1. The second-order valence-electron chi connectivity index (χ2n) is 3.94. The third-order valence-electron chi connectivity index (χ3n) is 2.81. The van der Waals surface area contributed by atoms with Crippen LogP contribution in [0.25, 0.3) is 0 Å². The molecule has 15 heavy (non-hydrogen) atoms. The van der Waals surface area contributed by atoms with E-state index >= 15 is 0 Å². The highest BCUT2D eigenvalue weighted by Crippen LogP contribution is 2.32. The smallest absolute Gasteiger partial charge is 0.101 e. The van der Waals surface area contributed by atoms with E-state index < -0.39 is 0 Å². The minimum atomic E-state index is 0.645. The fourth-order valence-electron chi connectivity index (χ4n) is 1.72. The molecule has 0 aromatic heterocycles. The molecule has 1 aromatic carbocycles. The minimum absolute atomic E-state index is 0.645. The molecule has 0 heterocycles. The van der Waals surface area contributed by atoms with Crippen LogP contribution >= 0.6 is 15.9 Å². The number of anilines is 1. The molecular formula is C12H13BrN2. The van der Waals surface area contributed by atoms with Crippen LogP contribution in [0.4, 0.5) is 5.69 Å². The SMILES string of the molecule is CN(c1ccc(CBr)cc1C#N)C1CC1. The highest BCUT2D eigenvalue weighted by atomic mass is 79.9. The lowest BCUT2D eigenvalue weighted by molar-refractivity contribution is 0.914. The molecule has 0 bridgehead atoms. The van der Waals surface area contributed by atoms with E-state index in [1.807, 2.05) is 12.1 Å². The average Bonchev–Trinajstić information content (AvgIpc) is 3.11. The van der Waals surface area contributed by atoms with Gasteiger partial charge >= 0.3 is 0 Å². The molecule has 0 atom stereocenters. The van der Waals surface area contributed by atoms with Gasteiger partial charge < -0.3 is 4.90 Å². The summed E-state index contributed by atoms with van der Waals surface area (Å²) >= 11 is 3.40. The van der Waals surface area contributed by atoms with Crippen LogP contribution in [0.15, 0.2) is 18.2 Å². The molecule has 2 rings (SSSR count). The average molecular weight is 265 g/mol. The van der Waals surface area contributed by atoms with Crippen molar-refractivity contribution in [3.8, 4) is 6.07 Å². The van der Waals surface area contributed by atoms with Gasteiger partial charge in [0.25, 0.3) is 0 Å². The second kappa shape index (κ2) is 4.24. The zero-order valence-electron chi connectivity index (χ0n) is 8.70. The summed E-state index contributed by atoms with van der Waals surface area (Å²) in [6, 6.07) is 9.00. The molecule has 78 valence electrons. The van der Waals surface area contributed by atoms with Gasteiger partial charge in [-0.3, -0.25) is 0 Å². The Morgan fingerprint density at radius 2 is 2.27 bits per heavy atom. The van der Waals surface area contributed by atoms with Crippen molar-refractivity contribution in [2.75, 3.05) is 11.9 Å². The van der Waals surface area contributed by atoms with Gasteiger partial charge in [0, 0.05) is 18.4 Å². The van der Waals surface area contributed by atoms with Crippen molar-refractivity contribution in [1.29, 1.82) is 5.26 Å². The fraction of sp³-hybridized carbons (Fsp3) is 0.417. The summed E-state index contributed by atoms with van der Waals surface area (Å²) in [6.07, 6.45) is 2.50. The number of benzene rings is 1. The third-order valence-corrected chi connectivity index (χ3v) is 3.46. The number of nitriles is 1. The summed E-state index contributed by atoms with van der Waals surface area (Å²) in [7, 11) is 2.07. The van der Waals surface area contributed by atoms with Gasteiger partial charge in [0.1, 0.15) is 6.07 Å². The van der Waals surface area contributed by atoms with E-state index in [9.17, 15) is 0 Å². The largest absolute Gasteiger partial charge is 0.371 e. The Hall–Kier alpha value is -1.01. The summed E-state index contributed by atoms with van der Waals surface area (Å²) in [6.45, 7) is 0. The molecule has 1 aliphatic carbocycles. The zero-order chi connectivity index (χ0) is 10.8. The summed E-state index contributed by atoms with van der Waals surface area (Å²) in [5.74, 6) is 0. The van der Waals surface area contributed by atoms with Gasteiger partial charge in [-0.05, 0) is 30.5 Å². The Morgan fingerprint density at radius 1 is 1.53 bits per heavy atom. The molecule has 0 unspecified atom stereocenters. The molecule has 1 aliphatic rings. The van der Waals surface area contributed by atoms with Crippen LogP contribution in [-0.2, 0) is 5.33 Å². The number of hydrogen-bond donors (Lipinski definition) is 0. The van der Waals surface area contributed by atoms with Crippen molar-refractivity contribution in [1.82, 2.24) is 0 Å². The first-order chi connectivity index (χ1) is 7.26. The van der Waals surface area contributed by atoms with E-state index in [0.29, 0.717) is 6.04 Å². The lowest BCUT2D eigenvalue weighted by Gasteiger charge is -2.20. The predicted octanol–water partition coefficient (Wildman–Crippen LogP) is 3.05. The summed E-state index contributed by atoms with van der Waals surface area (Å²) in [4.78, 5) is 2.22. The predicted molar refractivity (Wildman–Crippen MR) is 65.2 cm³/mol. The number of rotatable bonds is 3. The molecule has 0 N–H and O–H groups in total. The lowest BCUT2D eigenvalue weighted by Crippen LogP contribution is -2.20. The van der Waals surface area contributed by atoms with Crippen molar-refractivity contribution in [2.24, 2.45) is 0 Å². The molecule has 3 heteroatoms. The molecule has 2 nitrogen and oxygen atoms in total. The first kappa shape index (κ1) is 10.5. The van der Waals surface area contributed by atoms with E-state index in [4.69, 9.17) is 5.26 Å². The fourth-order valence-corrected chi connectivity index (χ4v) is 2.07. The topological polar surface area (TPSA) is 27.0 Å². The van der Waals surface area contributed by atoms with E-state index in [0.717, 1.165) is 22.1 Å². The van der Waals surface area contributed by atoms with Gasteiger partial charge in [0.15, 0.2) is 0 Å². The minimum Gasteiger partial charge on any atom is -0.371 e. The Balaban J connectivity index is 2.34. The molecule has 0 aliphatic heterocycles. The van der Waals surface area contributed by atoms with Crippen LogP contribution in [-0.4, -0.2) is 13.1 Å². The van der Waals surface area contributed by atoms with Crippen LogP contribution in [0, 0.1) is 11.3 Å². The monoisotopic (exact) mass is 264 g/mol. The standard InChI is InChI=1S/C12H13BrN2/c1-15(11-3-4-11)12-5-2-9(7-13)6-10(12)8-14/h2,5-6,11H,3-4,7H2,1H3. The number of halogens is 1. The number of alkyl halides is 1. The van der Waals surface area contributed by atoms with Crippen molar-refractivity contribution in [3.05, 3.63) is 29.3 Å². The van der Waals surface area contributed by atoms with Crippen LogP contribution in [0.3, 0.4) is 0 Å². The highest BCUT2D eigenvalue weighted by Gasteiger charge is 2.27. The van der Waals surface area contributed by atoms with E-state index in [1.165, 1.54) is 12.8 Å². The third kappa shape index (κ3) is 2.15. The summed E-state index contributed by atoms with van der Waals surface area (Å²) < 4.78 is 0. The Kier molecular flexibility index (Phi) is 2.97. The van der Waals surface area contributed by atoms with Crippen molar-refractivity contribution < 1.29 is 0 Å². The molecule has 0 radical (unpaired) electrons. The number of nitrogens with zero attached hydrogens (tertiary/aromatic N) is 2. The molecule has 1 aromatic rings. The normalized spacial score (nSPS) is 14.7. The molecule has 0 spiro atoms. The van der Waals surface area contributed by atoms with Gasteiger partial charge in [0.2, 0.25) is 0 Å². The first-order valence-electron chi connectivity index (χ1n) is 5.08. The van der Waals surface area contributed by atoms with Crippen LogP contribution < -0.4 is 4.90 Å². The zero-order valence-corrected chi connectivity index (χ0v) is 10.3. The van der Waals surface area contributed by atoms with Crippen molar-refractivity contribution >= 4 is 21.6 Å². The Bertz CT molecular complexity index is 405. The van der Waals surface area contributed by atoms with Crippen LogP contribution in [0.5, 0.6) is 0 Å². The van der Waals surface area contributed by atoms with Gasteiger partial charge in [-0.1, -0.05) is 22.0 Å². The van der Waals surface area contributed by atoms with Gasteiger partial charge in [-0.2, -0.15) is 5.26 Å². The molecule has 0 saturated heterocycles. The van der Waals surface area contributed by atoms with Gasteiger partial charge in [-0.15, -0.1) is 0 Å². The van der Waals surface area contributed by atoms with Crippen molar-refractivity contribution in [3.63, 3.8) is 0 Å². The number of hydrogen-bond acceptors (Lipinski definition) is 2. The molecular weight excluding hydrogens is 252 g/mol. The van der Waals surface area contributed by atoms with Gasteiger partial charge in [-0.25, -0.2) is 0 Å².